The molecule has 0 bridgehead atoms. The Bertz CT molecular complexity index is 1130. The van der Waals surface area contributed by atoms with Crippen LogP contribution in [0.15, 0.2) is 66.9 Å². The van der Waals surface area contributed by atoms with Gasteiger partial charge in [-0.1, -0.05) is 30.3 Å². The lowest BCUT2D eigenvalue weighted by Crippen LogP contribution is -2.48. The predicted molar refractivity (Wildman–Crippen MR) is 115 cm³/mol. The van der Waals surface area contributed by atoms with E-state index in [0.717, 1.165) is 53.9 Å². The van der Waals surface area contributed by atoms with Crippen LogP contribution in [0, 0.1) is 0 Å². The summed E-state index contributed by atoms with van der Waals surface area (Å²) in [4.78, 5) is 18.1. The molecule has 3 N–H and O–H groups in total. The molecule has 1 aliphatic rings. The smallest absolute Gasteiger partial charge is 0.251 e. The van der Waals surface area contributed by atoms with Gasteiger partial charge in [-0.25, -0.2) is 0 Å². The summed E-state index contributed by atoms with van der Waals surface area (Å²) in [6.07, 6.45) is 3.89. The van der Waals surface area contributed by atoms with Crippen LogP contribution in [0.5, 0.6) is 0 Å². The van der Waals surface area contributed by atoms with Crippen LogP contribution >= 0.6 is 0 Å². The molecule has 1 atom stereocenters. The molecule has 0 unspecified atom stereocenters. The van der Waals surface area contributed by atoms with Gasteiger partial charge in [-0.15, -0.1) is 0 Å². The minimum atomic E-state index is -0.0213. The number of aromatic amines is 2. The summed E-state index contributed by atoms with van der Waals surface area (Å²) in [7, 11) is 0. The fourth-order valence-corrected chi connectivity index (χ4v) is 4.01. The molecule has 3 heterocycles. The average molecular weight is 385 g/mol. The second kappa shape index (κ2) is 7.47. The molecule has 2 aromatic heterocycles. The average Bonchev–Trinajstić information content (AvgIpc) is 3.44. The highest BCUT2D eigenvalue weighted by Crippen LogP contribution is 2.24. The maximum Gasteiger partial charge on any atom is 0.251 e. The van der Waals surface area contributed by atoms with Crippen molar-refractivity contribution in [1.82, 2.24) is 20.5 Å². The van der Waals surface area contributed by atoms with E-state index in [0.29, 0.717) is 5.56 Å². The van der Waals surface area contributed by atoms with E-state index >= 15 is 0 Å². The molecule has 1 amide bonds. The van der Waals surface area contributed by atoms with Crippen molar-refractivity contribution in [2.45, 2.75) is 18.9 Å². The number of piperidine rings is 1. The summed E-state index contributed by atoms with van der Waals surface area (Å²) in [6.45, 7) is 1.71. The van der Waals surface area contributed by atoms with E-state index in [2.05, 4.69) is 43.6 Å². The molecule has 2 aromatic carbocycles. The number of H-pyrrole nitrogens is 2. The number of hydrogen-bond acceptors (Lipinski definition) is 3. The van der Waals surface area contributed by atoms with E-state index in [1.54, 1.807) is 0 Å². The number of aromatic nitrogens is 3. The minimum absolute atomic E-state index is 0.0213. The molecular formula is C23H23N5O. The van der Waals surface area contributed by atoms with Crippen LogP contribution < -0.4 is 10.2 Å². The molecule has 29 heavy (non-hydrogen) atoms. The first-order valence-electron chi connectivity index (χ1n) is 10.00. The normalized spacial score (nSPS) is 16.8. The Morgan fingerprint density at radius 2 is 2.00 bits per heavy atom. The van der Waals surface area contributed by atoms with Gasteiger partial charge in [0, 0.05) is 47.9 Å². The first-order chi connectivity index (χ1) is 14.3. The molecule has 0 aliphatic carbocycles. The van der Waals surface area contributed by atoms with Crippen molar-refractivity contribution in [2.75, 3.05) is 18.0 Å². The van der Waals surface area contributed by atoms with Gasteiger partial charge in [-0.05, 0) is 42.7 Å². The summed E-state index contributed by atoms with van der Waals surface area (Å²) in [5.41, 5.74) is 3.86. The number of carbonyl (C=O) groups excluding carboxylic acids is 1. The lowest BCUT2D eigenvalue weighted by Gasteiger charge is -2.33. The highest BCUT2D eigenvalue weighted by atomic mass is 16.1. The summed E-state index contributed by atoms with van der Waals surface area (Å²) < 4.78 is 0. The van der Waals surface area contributed by atoms with E-state index in [9.17, 15) is 4.79 Å². The Labute approximate surface area is 168 Å². The topological polar surface area (TPSA) is 76.8 Å². The SMILES string of the molecule is O=C(N[C@@H]1CCCN(c2cc(-c3ccccc3)[nH]n2)C1)c1ccc2[nH]ccc2c1. The Balaban J connectivity index is 1.27. The largest absolute Gasteiger partial charge is 0.361 e. The van der Waals surface area contributed by atoms with Gasteiger partial charge in [0.25, 0.3) is 5.91 Å². The molecular weight excluding hydrogens is 362 g/mol. The Morgan fingerprint density at radius 3 is 2.90 bits per heavy atom. The number of carbonyl (C=O) groups is 1. The quantitative estimate of drug-likeness (QED) is 0.498. The third-order valence-electron chi connectivity index (χ3n) is 5.55. The van der Waals surface area contributed by atoms with E-state index in [4.69, 9.17) is 0 Å². The standard InChI is InChI=1S/C23H23N5O/c29-23(18-8-9-20-17(13-18)10-11-24-20)25-19-7-4-12-28(15-19)22-14-21(26-27-22)16-5-2-1-3-6-16/h1-3,5-6,8-11,13-14,19,24H,4,7,12,15H2,(H,25,29)(H,26,27)/t19-/m1/s1. The fourth-order valence-electron chi connectivity index (χ4n) is 4.01. The number of amides is 1. The molecule has 6 heteroatoms. The van der Waals surface area contributed by atoms with Crippen molar-refractivity contribution in [1.29, 1.82) is 0 Å². The van der Waals surface area contributed by atoms with Gasteiger partial charge in [-0.3, -0.25) is 9.89 Å². The van der Waals surface area contributed by atoms with Crippen molar-refractivity contribution in [2.24, 2.45) is 0 Å². The number of rotatable bonds is 4. The fraction of sp³-hybridized carbons (Fsp3) is 0.217. The molecule has 0 spiro atoms. The van der Waals surface area contributed by atoms with E-state index in [1.165, 1.54) is 0 Å². The zero-order valence-electron chi connectivity index (χ0n) is 16.1. The van der Waals surface area contributed by atoms with E-state index in [1.807, 2.05) is 48.7 Å². The summed E-state index contributed by atoms with van der Waals surface area (Å²) in [5.74, 6) is 0.906. The number of hydrogen-bond donors (Lipinski definition) is 3. The van der Waals surface area contributed by atoms with Crippen LogP contribution in [0.25, 0.3) is 22.2 Å². The molecule has 1 aliphatic heterocycles. The van der Waals surface area contributed by atoms with Gasteiger partial charge in [0.1, 0.15) is 0 Å². The van der Waals surface area contributed by atoms with Crippen LogP contribution in [-0.4, -0.2) is 40.2 Å². The highest BCUT2D eigenvalue weighted by Gasteiger charge is 2.23. The Kier molecular flexibility index (Phi) is 4.52. The van der Waals surface area contributed by atoms with Gasteiger partial charge in [0.15, 0.2) is 5.82 Å². The van der Waals surface area contributed by atoms with Crippen molar-refractivity contribution in [3.8, 4) is 11.3 Å². The first-order valence-corrected chi connectivity index (χ1v) is 10.00. The van der Waals surface area contributed by atoms with Gasteiger partial charge in [0.05, 0.1) is 5.69 Å². The molecule has 1 saturated heterocycles. The minimum Gasteiger partial charge on any atom is -0.361 e. The summed E-state index contributed by atoms with van der Waals surface area (Å²) >= 11 is 0. The second-order valence-electron chi connectivity index (χ2n) is 7.54. The highest BCUT2D eigenvalue weighted by molar-refractivity contribution is 5.98. The lowest BCUT2D eigenvalue weighted by atomic mass is 10.0. The molecule has 146 valence electrons. The van der Waals surface area contributed by atoms with E-state index in [-0.39, 0.29) is 11.9 Å². The van der Waals surface area contributed by atoms with Gasteiger partial charge < -0.3 is 15.2 Å². The predicted octanol–water partition coefficient (Wildman–Crippen LogP) is 3.96. The molecule has 6 nitrogen and oxygen atoms in total. The van der Waals surface area contributed by atoms with E-state index < -0.39 is 0 Å². The van der Waals surface area contributed by atoms with Crippen LogP contribution in [0.3, 0.4) is 0 Å². The number of anilines is 1. The number of benzene rings is 2. The second-order valence-corrected chi connectivity index (χ2v) is 7.54. The van der Waals surface area contributed by atoms with Crippen LogP contribution in [0.1, 0.15) is 23.2 Å². The summed E-state index contributed by atoms with van der Waals surface area (Å²) in [5, 5.41) is 11.9. The third-order valence-corrected chi connectivity index (χ3v) is 5.55. The first kappa shape index (κ1) is 17.6. The molecule has 5 rings (SSSR count). The summed E-state index contributed by atoms with van der Waals surface area (Å²) in [6, 6.07) is 20.1. The van der Waals surface area contributed by atoms with Gasteiger partial charge >= 0.3 is 0 Å². The number of nitrogens with one attached hydrogen (secondary N) is 3. The van der Waals surface area contributed by atoms with Gasteiger partial charge in [0.2, 0.25) is 0 Å². The number of nitrogens with zero attached hydrogens (tertiary/aromatic N) is 2. The third kappa shape index (κ3) is 3.61. The zero-order valence-corrected chi connectivity index (χ0v) is 16.1. The Morgan fingerprint density at radius 1 is 1.10 bits per heavy atom. The molecule has 1 fully saturated rings. The Hall–Kier alpha value is -3.54. The number of fused-ring (bicyclic) bond motifs is 1. The molecule has 4 aromatic rings. The maximum atomic E-state index is 12.7. The van der Waals surface area contributed by atoms with Gasteiger partial charge in [-0.2, -0.15) is 5.10 Å². The monoisotopic (exact) mass is 385 g/mol. The van der Waals surface area contributed by atoms with Crippen LogP contribution in [-0.2, 0) is 0 Å². The van der Waals surface area contributed by atoms with Crippen molar-refractivity contribution >= 4 is 22.6 Å². The molecule has 0 saturated carbocycles. The lowest BCUT2D eigenvalue weighted by molar-refractivity contribution is 0.0933. The van der Waals surface area contributed by atoms with Crippen molar-refractivity contribution < 1.29 is 4.79 Å². The van der Waals surface area contributed by atoms with Crippen molar-refractivity contribution in [3.63, 3.8) is 0 Å². The molecule has 0 radical (unpaired) electrons. The van der Waals surface area contributed by atoms with Crippen LogP contribution in [0.4, 0.5) is 5.82 Å². The maximum absolute atomic E-state index is 12.7. The zero-order chi connectivity index (χ0) is 19.6. The van der Waals surface area contributed by atoms with Crippen LogP contribution in [0.2, 0.25) is 0 Å². The van der Waals surface area contributed by atoms with Crippen molar-refractivity contribution in [3.05, 3.63) is 72.4 Å².